The predicted molar refractivity (Wildman–Crippen MR) is 131 cm³/mol. The summed E-state index contributed by atoms with van der Waals surface area (Å²) in [6, 6.07) is 5.31. The van der Waals surface area contributed by atoms with Gasteiger partial charge in [0.15, 0.2) is 11.7 Å². The second-order valence-corrected chi connectivity index (χ2v) is 10.3. The highest BCUT2D eigenvalue weighted by Crippen LogP contribution is 2.30. The number of amides is 2. The van der Waals surface area contributed by atoms with Crippen LogP contribution in [0, 0.1) is 13.8 Å². The summed E-state index contributed by atoms with van der Waals surface area (Å²) in [7, 11) is 0. The smallest absolute Gasteiger partial charge is 0.315 e. The first-order chi connectivity index (χ1) is 17.2. The van der Waals surface area contributed by atoms with Crippen molar-refractivity contribution in [2.45, 2.75) is 58.0 Å². The van der Waals surface area contributed by atoms with Gasteiger partial charge in [0, 0.05) is 56.1 Å². The Morgan fingerprint density at radius 1 is 1.08 bits per heavy atom. The lowest BCUT2D eigenvalue weighted by Gasteiger charge is -2.37. The van der Waals surface area contributed by atoms with Crippen LogP contribution in [-0.4, -0.2) is 82.6 Å². The number of hydrogen-bond acceptors (Lipinski definition) is 4. The van der Waals surface area contributed by atoms with Crippen molar-refractivity contribution in [3.05, 3.63) is 46.3 Å². The van der Waals surface area contributed by atoms with Crippen LogP contribution in [0.2, 0.25) is 0 Å². The summed E-state index contributed by atoms with van der Waals surface area (Å²) in [5.74, 6) is -3.50. The van der Waals surface area contributed by atoms with Gasteiger partial charge in [-0.05, 0) is 50.3 Å². The topological polar surface area (TPSA) is 89.3 Å². The van der Waals surface area contributed by atoms with Crippen molar-refractivity contribution in [2.24, 2.45) is 0 Å². The number of halogens is 2. The minimum Gasteiger partial charge on any atom is -0.368 e. The number of hydrogen-bond donors (Lipinski definition) is 1. The molecule has 3 heterocycles. The molecule has 2 aromatic rings. The number of carbonyl (C=O) groups excluding carboxylic acids is 2. The maximum atomic E-state index is 14.2. The van der Waals surface area contributed by atoms with E-state index in [0.29, 0.717) is 19.5 Å². The van der Waals surface area contributed by atoms with E-state index in [1.807, 2.05) is 4.90 Å². The van der Waals surface area contributed by atoms with Gasteiger partial charge in [-0.3, -0.25) is 14.3 Å². The lowest BCUT2D eigenvalue weighted by atomic mass is 10.0. The molecule has 2 fully saturated rings. The highest BCUT2D eigenvalue weighted by atomic mass is 19.3. The molecule has 1 atom stereocenters. The number of benzene rings is 1. The minimum absolute atomic E-state index is 0.0313. The first-order valence-corrected chi connectivity index (χ1v) is 12.8. The Morgan fingerprint density at radius 2 is 1.83 bits per heavy atom. The summed E-state index contributed by atoms with van der Waals surface area (Å²) < 4.78 is 30.1. The van der Waals surface area contributed by atoms with Gasteiger partial charge < -0.3 is 20.4 Å². The van der Waals surface area contributed by atoms with Crippen molar-refractivity contribution in [1.29, 1.82) is 0 Å². The summed E-state index contributed by atoms with van der Waals surface area (Å²) in [6.07, 6.45) is 2.45. The fourth-order valence-electron chi connectivity index (χ4n) is 5.62. The van der Waals surface area contributed by atoms with Crippen molar-refractivity contribution in [2.75, 3.05) is 44.2 Å². The molecule has 1 aromatic carbocycles. The highest BCUT2D eigenvalue weighted by molar-refractivity contribution is 5.94. The summed E-state index contributed by atoms with van der Waals surface area (Å²) in [4.78, 5) is 31.7. The van der Waals surface area contributed by atoms with Crippen molar-refractivity contribution in [3.8, 4) is 0 Å². The molecule has 2 amide bonds. The summed E-state index contributed by atoms with van der Waals surface area (Å²) in [5, 5.41) is 4.50. The maximum Gasteiger partial charge on any atom is 0.315 e. The van der Waals surface area contributed by atoms with Gasteiger partial charge >= 0.3 is 5.92 Å². The van der Waals surface area contributed by atoms with Gasteiger partial charge in [0.25, 0.3) is 5.91 Å². The van der Waals surface area contributed by atoms with Crippen LogP contribution in [0.5, 0.6) is 0 Å². The van der Waals surface area contributed by atoms with Gasteiger partial charge in [0.05, 0.1) is 6.54 Å². The first kappa shape index (κ1) is 24.7. The summed E-state index contributed by atoms with van der Waals surface area (Å²) in [5.41, 5.74) is 9.19. The molecule has 3 N–H and O–H groups in total. The SMILES string of the molecule is Cc1cccc(N2CCN(C(=O)Cn3nc(C(=O)N4CC[C@H]([NH3+])C(F)(F)C4)c4c3CCC4)CC2)c1C. The van der Waals surface area contributed by atoms with E-state index in [2.05, 4.69) is 47.8 Å². The number of alkyl halides is 2. The molecule has 1 aromatic heterocycles. The van der Waals surface area contributed by atoms with Crippen molar-refractivity contribution in [1.82, 2.24) is 19.6 Å². The predicted octanol–water partition coefficient (Wildman–Crippen LogP) is 1.43. The van der Waals surface area contributed by atoms with Crippen molar-refractivity contribution >= 4 is 17.5 Å². The van der Waals surface area contributed by atoms with Crippen LogP contribution in [0.15, 0.2) is 18.2 Å². The summed E-state index contributed by atoms with van der Waals surface area (Å²) >= 11 is 0. The Labute approximate surface area is 210 Å². The molecule has 36 heavy (non-hydrogen) atoms. The third-order valence-electron chi connectivity index (χ3n) is 8.08. The van der Waals surface area contributed by atoms with Crippen LogP contribution in [0.4, 0.5) is 14.5 Å². The zero-order valence-corrected chi connectivity index (χ0v) is 21.1. The number of aryl methyl sites for hydroxylation is 1. The normalized spacial score (nSPS) is 21.6. The Morgan fingerprint density at radius 3 is 2.56 bits per heavy atom. The van der Waals surface area contributed by atoms with Crippen LogP contribution in [0.25, 0.3) is 0 Å². The fraction of sp³-hybridized carbons (Fsp3) is 0.577. The molecule has 3 aliphatic rings. The number of likely N-dealkylation sites (tertiary alicyclic amines) is 1. The molecule has 0 radical (unpaired) electrons. The van der Waals surface area contributed by atoms with Gasteiger partial charge in [-0.15, -0.1) is 0 Å². The van der Waals surface area contributed by atoms with E-state index in [-0.39, 0.29) is 31.1 Å². The average molecular weight is 502 g/mol. The first-order valence-electron chi connectivity index (χ1n) is 12.8. The molecule has 5 rings (SSSR count). The van der Waals surface area contributed by atoms with E-state index in [0.717, 1.165) is 37.2 Å². The monoisotopic (exact) mass is 501 g/mol. The highest BCUT2D eigenvalue weighted by Gasteiger charge is 2.47. The lowest BCUT2D eigenvalue weighted by molar-refractivity contribution is -0.468. The second kappa shape index (κ2) is 9.46. The van der Waals surface area contributed by atoms with E-state index in [9.17, 15) is 18.4 Å². The van der Waals surface area contributed by atoms with Crippen LogP contribution >= 0.6 is 0 Å². The quantitative estimate of drug-likeness (QED) is 0.687. The standard InChI is InChI=1S/C26H34F2N6O2/c1-17-5-3-7-20(18(17)2)31-11-13-32(14-12-31)23(35)15-34-21-8-4-6-19(21)24(30-34)25(36)33-10-9-22(29)26(27,28)16-33/h3,5,7,22H,4,6,8-16,29H2,1-2H3/p+1/t22-/m0/s1. The van der Waals surface area contributed by atoms with E-state index in [1.165, 1.54) is 21.7 Å². The molecular weight excluding hydrogens is 466 g/mol. The number of fused-ring (bicyclic) bond motifs is 1. The molecule has 0 bridgehead atoms. The third-order valence-corrected chi connectivity index (χ3v) is 8.08. The number of aromatic nitrogens is 2. The van der Waals surface area contributed by atoms with Crippen molar-refractivity contribution in [3.63, 3.8) is 0 Å². The molecular formula is C26H35F2N6O2+. The van der Waals surface area contributed by atoms with Crippen molar-refractivity contribution < 1.29 is 24.1 Å². The van der Waals surface area contributed by atoms with Crippen LogP contribution in [0.1, 0.15) is 45.7 Å². The molecule has 2 saturated heterocycles. The average Bonchev–Trinajstić information content (AvgIpc) is 3.46. The molecule has 194 valence electrons. The Hall–Kier alpha value is -3.01. The molecule has 8 nitrogen and oxygen atoms in total. The number of quaternary nitrogens is 1. The largest absolute Gasteiger partial charge is 0.368 e. The Bertz CT molecular complexity index is 1170. The van der Waals surface area contributed by atoms with Crippen LogP contribution in [0.3, 0.4) is 0 Å². The van der Waals surface area contributed by atoms with Gasteiger partial charge in [0.2, 0.25) is 5.91 Å². The molecule has 10 heteroatoms. The fourth-order valence-corrected chi connectivity index (χ4v) is 5.62. The Kier molecular flexibility index (Phi) is 6.48. The number of carbonyl (C=O) groups is 2. The molecule has 1 aliphatic carbocycles. The summed E-state index contributed by atoms with van der Waals surface area (Å²) in [6.45, 7) is 6.67. The number of anilines is 1. The number of piperidine rings is 1. The molecule has 2 aliphatic heterocycles. The number of rotatable bonds is 4. The molecule has 0 saturated carbocycles. The molecule has 0 spiro atoms. The van der Waals surface area contributed by atoms with E-state index >= 15 is 0 Å². The molecule has 0 unspecified atom stereocenters. The Balaban J connectivity index is 1.26. The zero-order chi connectivity index (χ0) is 25.6. The van der Waals surface area contributed by atoms with Crippen LogP contribution < -0.4 is 10.6 Å². The second-order valence-electron chi connectivity index (χ2n) is 10.3. The van der Waals surface area contributed by atoms with E-state index in [4.69, 9.17) is 0 Å². The maximum absolute atomic E-state index is 14.2. The van der Waals surface area contributed by atoms with Gasteiger partial charge in [0.1, 0.15) is 6.54 Å². The van der Waals surface area contributed by atoms with Gasteiger partial charge in [-0.2, -0.15) is 13.9 Å². The number of piperazine rings is 1. The zero-order valence-electron chi connectivity index (χ0n) is 21.1. The lowest BCUT2D eigenvalue weighted by Crippen LogP contribution is -2.74. The van der Waals surface area contributed by atoms with E-state index in [1.54, 1.807) is 4.68 Å². The minimum atomic E-state index is -3.01. The number of nitrogens with zero attached hydrogens (tertiary/aromatic N) is 5. The van der Waals surface area contributed by atoms with Gasteiger partial charge in [-0.25, -0.2) is 0 Å². The van der Waals surface area contributed by atoms with E-state index < -0.39 is 24.4 Å². The van der Waals surface area contributed by atoms with Gasteiger partial charge in [-0.1, -0.05) is 12.1 Å². The third kappa shape index (κ3) is 4.47. The van der Waals surface area contributed by atoms with Crippen LogP contribution in [-0.2, 0) is 24.2 Å².